The number of hydrogen-bond donors (Lipinski definition) is 3. The molecule has 1 aliphatic carbocycles. The molecule has 7 fully saturated rings. The largest absolute Gasteiger partial charge is 0.461 e. The molecular weight excluding hydrogens is 1020 g/mol. The Bertz CT molecular complexity index is 3560. The van der Waals surface area contributed by atoms with Gasteiger partial charge in [0.25, 0.3) is 0 Å². The molecule has 414 valence electrons. The van der Waals surface area contributed by atoms with Crippen LogP contribution in [0.2, 0.25) is 0 Å². The van der Waals surface area contributed by atoms with E-state index in [1.54, 1.807) is 35.1 Å². The van der Waals surface area contributed by atoms with Crippen molar-refractivity contribution in [1.82, 2.24) is 50.5 Å². The quantitative estimate of drug-likeness (QED) is 0.0849. The Labute approximate surface area is 461 Å². The number of piperazine rings is 1. The fourth-order valence-electron chi connectivity index (χ4n) is 14.2. The fourth-order valence-corrected chi connectivity index (χ4v) is 14.2. The minimum absolute atomic E-state index is 0.00467. The number of fused-ring (bicyclic) bond motifs is 6. The summed E-state index contributed by atoms with van der Waals surface area (Å²) < 4.78 is 46.7. The van der Waals surface area contributed by atoms with Crippen LogP contribution in [0.15, 0.2) is 66.9 Å². The molecule has 4 atom stereocenters. The van der Waals surface area contributed by atoms with Gasteiger partial charge < -0.3 is 29.9 Å². The Morgan fingerprint density at radius 3 is 2.51 bits per heavy atom. The predicted octanol–water partition coefficient (Wildman–Crippen LogP) is 7.61. The number of rotatable bonds is 11. The van der Waals surface area contributed by atoms with Crippen molar-refractivity contribution < 1.29 is 37.4 Å². The first-order valence-electron chi connectivity index (χ1n) is 28.2. The lowest BCUT2D eigenvalue weighted by molar-refractivity contribution is -0.137. The molecule has 9 heterocycles. The van der Waals surface area contributed by atoms with E-state index in [1.165, 1.54) is 16.5 Å². The van der Waals surface area contributed by atoms with E-state index in [9.17, 15) is 19.2 Å². The van der Waals surface area contributed by atoms with Crippen LogP contribution in [-0.2, 0) is 21.4 Å². The number of aromatic nitrogens is 5. The first-order chi connectivity index (χ1) is 38.8. The zero-order chi connectivity index (χ0) is 55.0. The molecule has 0 spiro atoms. The molecule has 20 heteroatoms. The van der Waals surface area contributed by atoms with Crippen molar-refractivity contribution in [3.8, 4) is 29.6 Å². The number of amides is 5. The Kier molecular flexibility index (Phi) is 13.4. The van der Waals surface area contributed by atoms with E-state index in [0.717, 1.165) is 55.0 Å². The normalized spacial score (nSPS) is 25.4. The van der Waals surface area contributed by atoms with Crippen LogP contribution in [0.3, 0.4) is 0 Å². The minimum atomic E-state index is -0.685. The molecule has 6 aromatic rings. The fraction of sp³-hybridized carbons (Fsp3) is 0.467. The number of alkyl carbamates (subject to hydrolysis) is 1. The number of aryl methyl sites for hydroxylation is 1. The number of likely N-dealkylation sites (tertiary alicyclic amines) is 1. The first kappa shape index (κ1) is 51.7. The highest BCUT2D eigenvalue weighted by molar-refractivity contribution is 6.09. The maximum Gasteiger partial charge on any atom is 0.407 e. The standard InChI is InChI=1S/C60H64F2N12O6/c1-4-43-47(61)17-11-36-6-5-7-45(50(36)43)52-51(62)53-46(28-63-52)54(72-30-40-14-15-41(31-72)64-40)68-57(67-53)80-33-60-22-18-42(74(60)29-34(2)27-60)32-79-59(78)65-39-12-8-37(9-13-39)56(76)71-23-19-35(20-24-71)38-10-16-44-48(26-38)70(3)69-55(44)73-25-21-49(75)66-58(73)77/h1,5-7,10-11,16-17,26,28,35,37,39-42,64H,2,8-9,12-15,18-25,27,29-33H2,3H3,(H,65,78)(H,66,75,77)/t37?,39?,40-,41+,42-,60-/m0/s1. The maximum absolute atomic E-state index is 17.3. The van der Waals surface area contributed by atoms with Gasteiger partial charge in [0.15, 0.2) is 11.6 Å². The minimum Gasteiger partial charge on any atom is -0.461 e. The molecule has 18 nitrogen and oxygen atoms in total. The molecule has 5 amide bonds. The number of carbonyl (C=O) groups is 4. The predicted molar refractivity (Wildman–Crippen MR) is 297 cm³/mol. The van der Waals surface area contributed by atoms with Crippen molar-refractivity contribution in [2.75, 3.05) is 62.3 Å². The molecule has 3 aromatic heterocycles. The Balaban J connectivity index is 0.623. The second kappa shape index (κ2) is 20.7. The molecule has 0 unspecified atom stereocenters. The van der Waals surface area contributed by atoms with Crippen LogP contribution in [-0.4, -0.2) is 141 Å². The van der Waals surface area contributed by atoms with Crippen LogP contribution in [0.25, 0.3) is 43.8 Å². The maximum atomic E-state index is 17.3. The first-order valence-corrected chi connectivity index (χ1v) is 28.2. The number of imide groups is 1. The zero-order valence-electron chi connectivity index (χ0n) is 44.8. The molecule has 3 aromatic carbocycles. The lowest BCUT2D eigenvalue weighted by Gasteiger charge is -2.36. The van der Waals surface area contributed by atoms with Gasteiger partial charge in [-0.15, -0.1) is 6.42 Å². The van der Waals surface area contributed by atoms with E-state index < -0.39 is 29.3 Å². The average molecular weight is 1090 g/mol. The number of halogens is 2. The summed E-state index contributed by atoms with van der Waals surface area (Å²) in [6, 6.07) is 14.4. The number of nitrogens with one attached hydrogen (secondary N) is 3. The molecular formula is C60H64F2N12O6. The van der Waals surface area contributed by atoms with Crippen molar-refractivity contribution in [3.05, 3.63) is 89.6 Å². The summed E-state index contributed by atoms with van der Waals surface area (Å²) in [4.78, 5) is 73.9. The SMILES string of the molecule is C#Cc1c(F)ccc2cccc(-c3ncc4c(N5C[C@H]6CC[C@@H](C5)N6)nc(OC[C@@]56CC[C@@H](COC(=O)NC7CCC(C(=O)N8CCC(c9ccc%10c(N%11CCC(=O)NC%11=O)nn(C)c%10c9)CC8)CC7)N5CC(=C)C6)nc4c3F)c12. The van der Waals surface area contributed by atoms with Crippen molar-refractivity contribution in [2.45, 2.75) is 113 Å². The summed E-state index contributed by atoms with van der Waals surface area (Å²) in [7, 11) is 1.86. The molecule has 13 rings (SSSR count). The van der Waals surface area contributed by atoms with Gasteiger partial charge in [0.2, 0.25) is 11.8 Å². The Morgan fingerprint density at radius 1 is 0.938 bits per heavy atom. The molecule has 1 saturated carbocycles. The van der Waals surface area contributed by atoms with Gasteiger partial charge in [-0.1, -0.05) is 48.4 Å². The molecule has 6 saturated heterocycles. The lowest BCUT2D eigenvalue weighted by Crippen LogP contribution is -2.51. The number of pyridine rings is 1. The molecule has 2 bridgehead atoms. The summed E-state index contributed by atoms with van der Waals surface area (Å²) in [5.74, 6) is 2.36. The summed E-state index contributed by atoms with van der Waals surface area (Å²) in [5.41, 5.74) is 3.09. The third kappa shape index (κ3) is 9.40. The third-order valence-electron chi connectivity index (χ3n) is 18.2. The van der Waals surface area contributed by atoms with Crippen LogP contribution in [0.4, 0.5) is 30.0 Å². The van der Waals surface area contributed by atoms with E-state index in [4.69, 9.17) is 25.9 Å². The number of benzene rings is 3. The smallest absolute Gasteiger partial charge is 0.407 e. The second-order valence-electron chi connectivity index (χ2n) is 23.2. The second-order valence-corrected chi connectivity index (χ2v) is 23.2. The summed E-state index contributed by atoms with van der Waals surface area (Å²) in [6.07, 6.45) is 15.9. The van der Waals surface area contributed by atoms with Gasteiger partial charge in [0, 0.05) is 105 Å². The zero-order valence-corrected chi connectivity index (χ0v) is 44.8. The van der Waals surface area contributed by atoms with Gasteiger partial charge in [-0.2, -0.15) is 15.1 Å². The van der Waals surface area contributed by atoms with Gasteiger partial charge in [-0.05, 0) is 106 Å². The van der Waals surface area contributed by atoms with Crippen molar-refractivity contribution in [2.24, 2.45) is 13.0 Å². The van der Waals surface area contributed by atoms with Crippen LogP contribution >= 0.6 is 0 Å². The topological polar surface area (TPSA) is 192 Å². The number of piperidine rings is 1. The molecule has 0 radical (unpaired) electrons. The van der Waals surface area contributed by atoms with E-state index >= 15 is 8.78 Å². The Morgan fingerprint density at radius 2 is 1.74 bits per heavy atom. The van der Waals surface area contributed by atoms with Gasteiger partial charge in [-0.25, -0.2) is 18.4 Å². The molecule has 6 aliphatic heterocycles. The Hall–Kier alpha value is -7.76. The van der Waals surface area contributed by atoms with E-state index in [2.05, 4.69) is 60.5 Å². The summed E-state index contributed by atoms with van der Waals surface area (Å²) in [5, 5.41) is 16.1. The number of anilines is 2. The van der Waals surface area contributed by atoms with Crippen LogP contribution in [0.5, 0.6) is 6.01 Å². The highest BCUT2D eigenvalue weighted by Crippen LogP contribution is 2.45. The molecule has 7 aliphatic rings. The molecule has 80 heavy (non-hydrogen) atoms. The average Bonchev–Trinajstić information content (AvgIpc) is 4.23. The van der Waals surface area contributed by atoms with E-state index in [-0.39, 0.29) is 96.8 Å². The highest BCUT2D eigenvalue weighted by Gasteiger charge is 2.52. The van der Waals surface area contributed by atoms with Gasteiger partial charge in [0.05, 0.1) is 22.0 Å². The van der Waals surface area contributed by atoms with Gasteiger partial charge in [-0.3, -0.25) is 34.4 Å². The van der Waals surface area contributed by atoms with Crippen LogP contribution in [0, 0.1) is 29.9 Å². The van der Waals surface area contributed by atoms with E-state index in [1.807, 2.05) is 18.0 Å². The van der Waals surface area contributed by atoms with Gasteiger partial charge >= 0.3 is 18.1 Å². The van der Waals surface area contributed by atoms with Crippen molar-refractivity contribution >= 4 is 68.2 Å². The summed E-state index contributed by atoms with van der Waals surface area (Å²) >= 11 is 0. The number of urea groups is 1. The molecule has 3 N–H and O–H groups in total. The van der Waals surface area contributed by atoms with E-state index in [0.29, 0.717) is 98.2 Å². The van der Waals surface area contributed by atoms with Crippen molar-refractivity contribution in [3.63, 3.8) is 0 Å². The van der Waals surface area contributed by atoms with Crippen LogP contribution < -0.4 is 30.5 Å². The summed E-state index contributed by atoms with van der Waals surface area (Å²) in [6.45, 7) is 8.36. The monoisotopic (exact) mass is 1090 g/mol. The number of nitrogens with zero attached hydrogens (tertiary/aromatic N) is 9. The number of hydrogen-bond acceptors (Lipinski definition) is 13. The van der Waals surface area contributed by atoms with Crippen molar-refractivity contribution in [1.29, 1.82) is 0 Å². The lowest BCUT2D eigenvalue weighted by atomic mass is 9.84. The number of carbonyl (C=O) groups excluding carboxylic acids is 4. The third-order valence-corrected chi connectivity index (χ3v) is 18.2. The number of ether oxygens (including phenoxy) is 2. The number of terminal acetylenes is 1. The highest BCUT2D eigenvalue weighted by atomic mass is 19.1. The van der Waals surface area contributed by atoms with Gasteiger partial charge in [0.1, 0.15) is 36.1 Å². The van der Waals surface area contributed by atoms with Crippen LogP contribution in [0.1, 0.15) is 94.1 Å².